The van der Waals surface area contributed by atoms with Gasteiger partial charge in [0, 0.05) is 19.6 Å². The molecule has 92 valence electrons. The molecular formula is C15H15ClN2. The number of halogens is 1. The van der Waals surface area contributed by atoms with Crippen LogP contribution >= 0.6 is 11.6 Å². The molecule has 0 amide bonds. The van der Waals surface area contributed by atoms with Gasteiger partial charge in [-0.2, -0.15) is 0 Å². The highest BCUT2D eigenvalue weighted by atomic mass is 35.5. The van der Waals surface area contributed by atoms with Crippen LogP contribution in [-0.2, 0) is 19.5 Å². The lowest BCUT2D eigenvalue weighted by atomic mass is 10.0. The number of benzene rings is 1. The zero-order valence-corrected chi connectivity index (χ0v) is 10.9. The van der Waals surface area contributed by atoms with E-state index in [2.05, 4.69) is 46.3 Å². The van der Waals surface area contributed by atoms with Gasteiger partial charge in [0.15, 0.2) is 0 Å². The molecule has 0 saturated heterocycles. The fourth-order valence-electron chi connectivity index (χ4n) is 2.41. The second-order valence-corrected chi connectivity index (χ2v) is 5.07. The first-order valence-corrected chi connectivity index (χ1v) is 6.59. The van der Waals surface area contributed by atoms with Crippen molar-refractivity contribution in [2.45, 2.75) is 19.5 Å². The average molecular weight is 259 g/mol. The number of pyridine rings is 1. The van der Waals surface area contributed by atoms with Gasteiger partial charge in [0.05, 0.1) is 5.69 Å². The summed E-state index contributed by atoms with van der Waals surface area (Å²) in [6, 6.07) is 14.5. The molecule has 2 heterocycles. The van der Waals surface area contributed by atoms with Crippen LogP contribution in [0.3, 0.4) is 0 Å². The standard InChI is InChI=1S/C15H15ClN2/c16-15-7-6-13-8-9-18(11-14(13)17-15)10-12-4-2-1-3-5-12/h1-7H,8-11H2. The Morgan fingerprint density at radius 1 is 1.11 bits per heavy atom. The van der Waals surface area contributed by atoms with Gasteiger partial charge in [0.1, 0.15) is 5.15 Å². The summed E-state index contributed by atoms with van der Waals surface area (Å²) in [6.45, 7) is 2.96. The molecule has 1 aromatic carbocycles. The molecule has 0 fully saturated rings. The molecule has 0 radical (unpaired) electrons. The summed E-state index contributed by atoms with van der Waals surface area (Å²) in [5.41, 5.74) is 3.82. The molecule has 18 heavy (non-hydrogen) atoms. The van der Waals surface area contributed by atoms with Crippen LogP contribution in [0.4, 0.5) is 0 Å². The fourth-order valence-corrected chi connectivity index (χ4v) is 2.58. The van der Waals surface area contributed by atoms with Crippen LogP contribution in [0.1, 0.15) is 16.8 Å². The lowest BCUT2D eigenvalue weighted by molar-refractivity contribution is 0.241. The van der Waals surface area contributed by atoms with E-state index in [-0.39, 0.29) is 0 Å². The van der Waals surface area contributed by atoms with Crippen molar-refractivity contribution in [3.63, 3.8) is 0 Å². The Morgan fingerprint density at radius 3 is 2.78 bits per heavy atom. The first-order valence-electron chi connectivity index (χ1n) is 6.22. The van der Waals surface area contributed by atoms with Crippen molar-refractivity contribution in [3.8, 4) is 0 Å². The maximum atomic E-state index is 5.95. The number of fused-ring (bicyclic) bond motifs is 1. The van der Waals surface area contributed by atoms with Crippen LogP contribution in [0.25, 0.3) is 0 Å². The Hall–Kier alpha value is -1.38. The molecule has 0 atom stereocenters. The second kappa shape index (κ2) is 5.09. The van der Waals surface area contributed by atoms with Gasteiger partial charge in [0.2, 0.25) is 0 Å². The topological polar surface area (TPSA) is 16.1 Å². The van der Waals surface area contributed by atoms with Gasteiger partial charge >= 0.3 is 0 Å². The minimum atomic E-state index is 0.593. The molecule has 1 aliphatic rings. The molecular weight excluding hydrogens is 244 g/mol. The highest BCUT2D eigenvalue weighted by Crippen LogP contribution is 2.20. The average Bonchev–Trinajstić information content (AvgIpc) is 2.39. The van der Waals surface area contributed by atoms with Crippen LogP contribution in [0.5, 0.6) is 0 Å². The summed E-state index contributed by atoms with van der Waals surface area (Å²) < 4.78 is 0. The van der Waals surface area contributed by atoms with Crippen LogP contribution in [0.2, 0.25) is 5.15 Å². The number of hydrogen-bond donors (Lipinski definition) is 0. The lowest BCUT2D eigenvalue weighted by Crippen LogP contribution is -2.30. The molecule has 3 rings (SSSR count). The lowest BCUT2D eigenvalue weighted by Gasteiger charge is -2.28. The fraction of sp³-hybridized carbons (Fsp3) is 0.267. The molecule has 2 aromatic rings. The van der Waals surface area contributed by atoms with Crippen molar-refractivity contribution in [1.29, 1.82) is 0 Å². The van der Waals surface area contributed by atoms with Crippen molar-refractivity contribution in [2.75, 3.05) is 6.54 Å². The van der Waals surface area contributed by atoms with Crippen molar-refractivity contribution in [3.05, 3.63) is 64.4 Å². The van der Waals surface area contributed by atoms with E-state index >= 15 is 0 Å². The predicted octanol–water partition coefficient (Wildman–Crippen LogP) is 3.29. The normalized spacial score (nSPS) is 15.4. The van der Waals surface area contributed by atoms with Crippen molar-refractivity contribution in [2.24, 2.45) is 0 Å². The van der Waals surface area contributed by atoms with Gasteiger partial charge in [-0.15, -0.1) is 0 Å². The Morgan fingerprint density at radius 2 is 1.94 bits per heavy atom. The van der Waals surface area contributed by atoms with E-state index < -0.39 is 0 Å². The van der Waals surface area contributed by atoms with Gasteiger partial charge in [-0.25, -0.2) is 4.98 Å². The van der Waals surface area contributed by atoms with Gasteiger partial charge in [0.25, 0.3) is 0 Å². The first-order chi connectivity index (χ1) is 8.81. The minimum Gasteiger partial charge on any atom is -0.293 e. The van der Waals surface area contributed by atoms with E-state index in [0.717, 1.165) is 31.7 Å². The Bertz CT molecular complexity index is 539. The van der Waals surface area contributed by atoms with Crippen LogP contribution in [-0.4, -0.2) is 16.4 Å². The van der Waals surface area contributed by atoms with E-state index in [0.29, 0.717) is 5.15 Å². The van der Waals surface area contributed by atoms with E-state index in [4.69, 9.17) is 11.6 Å². The van der Waals surface area contributed by atoms with Crippen molar-refractivity contribution in [1.82, 2.24) is 9.88 Å². The van der Waals surface area contributed by atoms with Crippen molar-refractivity contribution < 1.29 is 0 Å². The number of aromatic nitrogens is 1. The zero-order valence-electron chi connectivity index (χ0n) is 10.1. The zero-order chi connectivity index (χ0) is 12.4. The molecule has 0 N–H and O–H groups in total. The molecule has 0 bridgehead atoms. The summed E-state index contributed by atoms with van der Waals surface area (Å²) in [4.78, 5) is 6.85. The first kappa shape index (κ1) is 11.7. The van der Waals surface area contributed by atoms with Crippen molar-refractivity contribution >= 4 is 11.6 Å². The van der Waals surface area contributed by atoms with Gasteiger partial charge in [-0.05, 0) is 23.6 Å². The molecule has 3 heteroatoms. The summed E-state index contributed by atoms with van der Waals surface area (Å²) in [7, 11) is 0. The third-order valence-electron chi connectivity index (χ3n) is 3.35. The van der Waals surface area contributed by atoms with Crippen LogP contribution < -0.4 is 0 Å². The minimum absolute atomic E-state index is 0.593. The molecule has 1 aliphatic heterocycles. The van der Waals surface area contributed by atoms with E-state index in [1.807, 2.05) is 6.07 Å². The summed E-state index contributed by atoms with van der Waals surface area (Å²) in [5, 5.41) is 0.593. The maximum Gasteiger partial charge on any atom is 0.129 e. The third kappa shape index (κ3) is 2.55. The summed E-state index contributed by atoms with van der Waals surface area (Å²) >= 11 is 5.95. The predicted molar refractivity (Wildman–Crippen MR) is 73.5 cm³/mol. The molecule has 0 spiro atoms. The summed E-state index contributed by atoms with van der Waals surface area (Å²) in [6.07, 6.45) is 1.06. The highest BCUT2D eigenvalue weighted by Gasteiger charge is 2.17. The molecule has 2 nitrogen and oxygen atoms in total. The number of hydrogen-bond acceptors (Lipinski definition) is 2. The Labute approximate surface area is 112 Å². The van der Waals surface area contributed by atoms with E-state index in [9.17, 15) is 0 Å². The number of rotatable bonds is 2. The van der Waals surface area contributed by atoms with Gasteiger partial charge in [-0.1, -0.05) is 48.0 Å². The van der Waals surface area contributed by atoms with E-state index in [1.54, 1.807) is 0 Å². The molecule has 0 unspecified atom stereocenters. The maximum absolute atomic E-state index is 5.95. The molecule has 1 aromatic heterocycles. The summed E-state index contributed by atoms with van der Waals surface area (Å²) in [5.74, 6) is 0. The van der Waals surface area contributed by atoms with Gasteiger partial charge < -0.3 is 0 Å². The molecule has 0 aliphatic carbocycles. The molecule has 0 saturated carbocycles. The smallest absolute Gasteiger partial charge is 0.129 e. The van der Waals surface area contributed by atoms with Crippen LogP contribution in [0, 0.1) is 0 Å². The highest BCUT2D eigenvalue weighted by molar-refractivity contribution is 6.29. The quantitative estimate of drug-likeness (QED) is 0.769. The SMILES string of the molecule is Clc1ccc2c(n1)CN(Cc1ccccc1)CC2. The van der Waals surface area contributed by atoms with Crippen LogP contribution in [0.15, 0.2) is 42.5 Å². The number of nitrogens with zero attached hydrogens (tertiary/aromatic N) is 2. The largest absolute Gasteiger partial charge is 0.293 e. The Balaban J connectivity index is 1.75. The monoisotopic (exact) mass is 258 g/mol. The van der Waals surface area contributed by atoms with E-state index in [1.165, 1.54) is 11.1 Å². The second-order valence-electron chi connectivity index (χ2n) is 4.69. The third-order valence-corrected chi connectivity index (χ3v) is 3.56. The van der Waals surface area contributed by atoms with Gasteiger partial charge in [-0.3, -0.25) is 4.90 Å². The Kier molecular flexibility index (Phi) is 3.31.